The molecule has 3 heteroatoms. The molecule has 0 unspecified atom stereocenters. The second-order valence-corrected chi connectivity index (χ2v) is 3.38. The van der Waals surface area contributed by atoms with E-state index in [1.807, 2.05) is 71.7 Å². The minimum Gasteiger partial charge on any atom is -1.00 e. The molecule has 0 bridgehead atoms. The SMILES string of the molecule is COc1ccccc1/C=C/[n+]1ccccc1.[Br-]. The van der Waals surface area contributed by atoms with Crippen LogP contribution in [0, 0.1) is 0 Å². The third-order valence-electron chi connectivity index (χ3n) is 2.30. The van der Waals surface area contributed by atoms with Crippen molar-refractivity contribution in [3.05, 3.63) is 60.4 Å². The summed E-state index contributed by atoms with van der Waals surface area (Å²) < 4.78 is 7.27. The Morgan fingerprint density at radius 2 is 1.71 bits per heavy atom. The van der Waals surface area contributed by atoms with Crippen molar-refractivity contribution in [2.45, 2.75) is 0 Å². The predicted molar refractivity (Wildman–Crippen MR) is 64.9 cm³/mol. The van der Waals surface area contributed by atoms with Gasteiger partial charge in [-0.05, 0) is 6.07 Å². The second kappa shape index (κ2) is 6.86. The quantitative estimate of drug-likeness (QED) is 0.703. The van der Waals surface area contributed by atoms with Crippen molar-refractivity contribution in [2.24, 2.45) is 0 Å². The fourth-order valence-corrected chi connectivity index (χ4v) is 1.48. The Hall–Kier alpha value is -1.61. The summed E-state index contributed by atoms with van der Waals surface area (Å²) in [6, 6.07) is 13.9. The van der Waals surface area contributed by atoms with Gasteiger partial charge in [0.1, 0.15) is 5.75 Å². The molecule has 0 aliphatic rings. The summed E-state index contributed by atoms with van der Waals surface area (Å²) in [5, 5.41) is 0. The number of methoxy groups -OCH3 is 1. The molecule has 17 heavy (non-hydrogen) atoms. The van der Waals surface area contributed by atoms with Gasteiger partial charge in [-0.1, -0.05) is 24.3 Å². The highest BCUT2D eigenvalue weighted by molar-refractivity contribution is 5.62. The van der Waals surface area contributed by atoms with E-state index >= 15 is 0 Å². The van der Waals surface area contributed by atoms with E-state index in [2.05, 4.69) is 0 Å². The largest absolute Gasteiger partial charge is 1.00 e. The minimum atomic E-state index is 0. The van der Waals surface area contributed by atoms with Crippen LogP contribution in [0.5, 0.6) is 5.75 Å². The van der Waals surface area contributed by atoms with E-state index in [4.69, 9.17) is 4.74 Å². The van der Waals surface area contributed by atoms with E-state index in [1.165, 1.54) is 0 Å². The molecule has 1 aromatic heterocycles. The number of hydrogen-bond donors (Lipinski definition) is 0. The maximum Gasteiger partial charge on any atom is 0.175 e. The Kier molecular flexibility index (Phi) is 5.43. The summed E-state index contributed by atoms with van der Waals surface area (Å²) in [6.07, 6.45) is 8.01. The van der Waals surface area contributed by atoms with Crippen LogP contribution in [0.2, 0.25) is 0 Å². The standard InChI is InChI=1S/C14H14NO.BrH/c1-16-14-8-4-3-7-13(14)9-12-15-10-5-2-6-11-15;/h2-12H,1H3;1H/q+1;/p-1/b12-9+;. The molecule has 0 saturated heterocycles. The van der Waals surface area contributed by atoms with Crippen LogP contribution in [0.15, 0.2) is 54.9 Å². The highest BCUT2D eigenvalue weighted by Gasteiger charge is 1.98. The molecule has 0 saturated carbocycles. The molecule has 0 N–H and O–H groups in total. The third kappa shape index (κ3) is 3.71. The van der Waals surface area contributed by atoms with Crippen LogP contribution in [-0.4, -0.2) is 7.11 Å². The van der Waals surface area contributed by atoms with Crippen molar-refractivity contribution in [1.29, 1.82) is 0 Å². The number of benzene rings is 1. The molecule has 2 nitrogen and oxygen atoms in total. The van der Waals surface area contributed by atoms with Crippen molar-refractivity contribution in [3.63, 3.8) is 0 Å². The first-order valence-corrected chi connectivity index (χ1v) is 5.17. The first-order valence-electron chi connectivity index (χ1n) is 5.17. The molecule has 0 aliphatic carbocycles. The van der Waals surface area contributed by atoms with E-state index in [1.54, 1.807) is 7.11 Å². The smallest absolute Gasteiger partial charge is 0.175 e. The highest BCUT2D eigenvalue weighted by Crippen LogP contribution is 2.18. The lowest BCUT2D eigenvalue weighted by Crippen LogP contribution is -3.00. The van der Waals surface area contributed by atoms with Crippen molar-refractivity contribution in [2.75, 3.05) is 7.11 Å². The zero-order chi connectivity index (χ0) is 11.2. The first kappa shape index (κ1) is 13.5. The highest BCUT2D eigenvalue weighted by atomic mass is 79.9. The van der Waals surface area contributed by atoms with Crippen LogP contribution in [0.1, 0.15) is 5.56 Å². The van der Waals surface area contributed by atoms with Crippen LogP contribution < -0.4 is 26.3 Å². The van der Waals surface area contributed by atoms with Gasteiger partial charge in [-0.15, -0.1) is 0 Å². The maximum atomic E-state index is 5.27. The van der Waals surface area contributed by atoms with E-state index in [-0.39, 0.29) is 17.0 Å². The summed E-state index contributed by atoms with van der Waals surface area (Å²) >= 11 is 0. The number of nitrogens with zero attached hydrogens (tertiary/aromatic N) is 1. The summed E-state index contributed by atoms with van der Waals surface area (Å²) in [4.78, 5) is 0. The molecule has 0 spiro atoms. The van der Waals surface area contributed by atoms with Gasteiger partial charge in [0.05, 0.1) is 7.11 Å². The average molecular weight is 292 g/mol. The zero-order valence-corrected chi connectivity index (χ0v) is 11.2. The number of rotatable bonds is 3. The van der Waals surface area contributed by atoms with E-state index in [9.17, 15) is 0 Å². The van der Waals surface area contributed by atoms with Gasteiger partial charge < -0.3 is 21.7 Å². The van der Waals surface area contributed by atoms with E-state index < -0.39 is 0 Å². The van der Waals surface area contributed by atoms with Crippen LogP contribution >= 0.6 is 0 Å². The minimum absolute atomic E-state index is 0. The fourth-order valence-electron chi connectivity index (χ4n) is 1.48. The van der Waals surface area contributed by atoms with Gasteiger partial charge in [-0.3, -0.25) is 0 Å². The van der Waals surface area contributed by atoms with Gasteiger partial charge in [-0.25, -0.2) is 0 Å². The van der Waals surface area contributed by atoms with E-state index in [0.29, 0.717) is 0 Å². The molecule has 0 aliphatic heterocycles. The predicted octanol–water partition coefficient (Wildman–Crippen LogP) is -0.385. The molecule has 0 amide bonds. The first-order chi connectivity index (χ1) is 7.90. The van der Waals surface area contributed by atoms with Gasteiger partial charge in [0, 0.05) is 23.8 Å². The summed E-state index contributed by atoms with van der Waals surface area (Å²) in [6.45, 7) is 0. The van der Waals surface area contributed by atoms with Crippen molar-refractivity contribution >= 4 is 12.3 Å². The number of para-hydroxylation sites is 1. The van der Waals surface area contributed by atoms with Crippen LogP contribution in [0.25, 0.3) is 12.3 Å². The molecule has 88 valence electrons. The third-order valence-corrected chi connectivity index (χ3v) is 2.30. The molecule has 0 fully saturated rings. The number of hydrogen-bond acceptors (Lipinski definition) is 1. The Labute approximate surface area is 112 Å². The number of halogens is 1. The number of ether oxygens (including phenoxy) is 1. The maximum absolute atomic E-state index is 5.27. The monoisotopic (exact) mass is 291 g/mol. The van der Waals surface area contributed by atoms with Gasteiger partial charge in [0.15, 0.2) is 18.6 Å². The van der Waals surface area contributed by atoms with Crippen LogP contribution in [-0.2, 0) is 0 Å². The summed E-state index contributed by atoms with van der Waals surface area (Å²) in [5.41, 5.74) is 1.07. The van der Waals surface area contributed by atoms with Gasteiger partial charge in [-0.2, -0.15) is 4.57 Å². The Bertz CT molecular complexity index is 483. The van der Waals surface area contributed by atoms with Gasteiger partial charge >= 0.3 is 0 Å². The topological polar surface area (TPSA) is 13.1 Å². The molecule has 2 aromatic rings. The van der Waals surface area contributed by atoms with Crippen molar-refractivity contribution in [1.82, 2.24) is 0 Å². The van der Waals surface area contributed by atoms with Crippen LogP contribution in [0.3, 0.4) is 0 Å². The van der Waals surface area contributed by atoms with Gasteiger partial charge in [0.25, 0.3) is 0 Å². The van der Waals surface area contributed by atoms with Crippen LogP contribution in [0.4, 0.5) is 0 Å². The normalized spacial score (nSPS) is 9.94. The Balaban J connectivity index is 0.00000144. The van der Waals surface area contributed by atoms with Crippen molar-refractivity contribution < 1.29 is 26.3 Å². The number of aromatic nitrogens is 1. The summed E-state index contributed by atoms with van der Waals surface area (Å²) in [7, 11) is 1.68. The molecule has 0 radical (unpaired) electrons. The molecule has 2 rings (SSSR count). The lowest BCUT2D eigenvalue weighted by atomic mass is 10.2. The molecular weight excluding hydrogens is 278 g/mol. The number of pyridine rings is 1. The molecule has 0 atom stereocenters. The lowest BCUT2D eigenvalue weighted by molar-refractivity contribution is -0.567. The fraction of sp³-hybridized carbons (Fsp3) is 0.0714. The Morgan fingerprint density at radius 1 is 1.00 bits per heavy atom. The average Bonchev–Trinajstić information content (AvgIpc) is 2.38. The molecular formula is C14H14BrNO. The zero-order valence-electron chi connectivity index (χ0n) is 9.58. The summed E-state index contributed by atoms with van der Waals surface area (Å²) in [5.74, 6) is 0.885. The van der Waals surface area contributed by atoms with Gasteiger partial charge in [0.2, 0.25) is 0 Å². The molecule has 1 aromatic carbocycles. The Morgan fingerprint density at radius 3 is 2.41 bits per heavy atom. The second-order valence-electron chi connectivity index (χ2n) is 3.38. The van der Waals surface area contributed by atoms with E-state index in [0.717, 1.165) is 11.3 Å². The lowest BCUT2D eigenvalue weighted by Gasteiger charge is -2.01. The van der Waals surface area contributed by atoms with Crippen molar-refractivity contribution in [3.8, 4) is 5.75 Å². The molecule has 1 heterocycles.